The predicted octanol–water partition coefficient (Wildman–Crippen LogP) is 10.7. The molecule has 6 rings (SSSR count). The molecule has 0 saturated heterocycles. The van der Waals surface area contributed by atoms with E-state index in [9.17, 15) is 19.2 Å². The first-order chi connectivity index (χ1) is 23.0. The van der Waals surface area contributed by atoms with Crippen LogP contribution in [0.15, 0.2) is 129 Å². The van der Waals surface area contributed by atoms with Crippen molar-refractivity contribution in [3.05, 3.63) is 140 Å². The summed E-state index contributed by atoms with van der Waals surface area (Å²) in [5.41, 5.74) is 7.13. The highest BCUT2D eigenvalue weighted by Gasteiger charge is 2.47. The highest BCUT2D eigenvalue weighted by molar-refractivity contribution is 6.37. The minimum Gasteiger partial charge on any atom is -0.289 e. The second-order valence-electron chi connectivity index (χ2n) is 18.1. The molecule has 0 atom stereocenters. The van der Waals surface area contributed by atoms with Crippen molar-refractivity contribution in [1.82, 2.24) is 0 Å². The number of carbonyl (C=O) groups is 4. The van der Waals surface area contributed by atoms with Gasteiger partial charge in [0, 0.05) is 39.0 Å². The first-order valence-corrected chi connectivity index (χ1v) is 17.5. The zero-order valence-electron chi connectivity index (χ0n) is 31.6. The molecule has 4 aliphatic rings. The third kappa shape index (κ3) is 5.83. The molecule has 256 valence electrons. The molecule has 0 aromatic heterocycles. The molecule has 0 unspecified atom stereocenters. The molecule has 0 radical (unpaired) electrons. The fourth-order valence-corrected chi connectivity index (χ4v) is 7.22. The van der Waals surface area contributed by atoms with Crippen molar-refractivity contribution >= 4 is 23.1 Å². The van der Waals surface area contributed by atoms with E-state index >= 15 is 0 Å². The normalized spacial score (nSPS) is 18.8. The number of fused-ring (bicyclic) bond motifs is 3. The number of hydrogen-bond donors (Lipinski definition) is 0. The molecule has 0 N–H and O–H groups in total. The monoisotopic (exact) mass is 664 g/mol. The van der Waals surface area contributed by atoms with E-state index in [4.69, 9.17) is 0 Å². The van der Waals surface area contributed by atoms with Gasteiger partial charge in [-0.2, -0.15) is 0 Å². The van der Waals surface area contributed by atoms with E-state index in [1.807, 2.05) is 144 Å². The van der Waals surface area contributed by atoms with E-state index in [-0.39, 0.29) is 28.7 Å². The summed E-state index contributed by atoms with van der Waals surface area (Å²) in [5, 5.41) is 0. The van der Waals surface area contributed by atoms with Crippen LogP contribution in [-0.4, -0.2) is 23.1 Å². The smallest absolute Gasteiger partial charge is 0.198 e. The minimum absolute atomic E-state index is 0.0102. The van der Waals surface area contributed by atoms with Crippen molar-refractivity contribution in [2.75, 3.05) is 0 Å². The lowest BCUT2D eigenvalue weighted by Gasteiger charge is -2.31. The van der Waals surface area contributed by atoms with Crippen molar-refractivity contribution in [3.63, 3.8) is 0 Å². The van der Waals surface area contributed by atoms with Gasteiger partial charge in [0.15, 0.2) is 23.1 Å². The summed E-state index contributed by atoms with van der Waals surface area (Å²) in [4.78, 5) is 57.5. The number of hydrogen-bond acceptors (Lipinski definition) is 4. The summed E-state index contributed by atoms with van der Waals surface area (Å²) >= 11 is 0. The Kier molecular flexibility index (Phi) is 8.02. The summed E-state index contributed by atoms with van der Waals surface area (Å²) < 4.78 is 0. The lowest BCUT2D eigenvalue weighted by molar-refractivity contribution is -0.114. The Morgan fingerprint density at radius 3 is 0.840 bits per heavy atom. The molecule has 0 amide bonds. The van der Waals surface area contributed by atoms with Gasteiger partial charge in [-0.1, -0.05) is 132 Å². The molecule has 0 aliphatic heterocycles. The van der Waals surface area contributed by atoms with Crippen molar-refractivity contribution in [1.29, 1.82) is 0 Å². The van der Waals surface area contributed by atoms with Gasteiger partial charge >= 0.3 is 0 Å². The van der Waals surface area contributed by atoms with Crippen LogP contribution in [0.1, 0.15) is 104 Å². The van der Waals surface area contributed by atoms with Gasteiger partial charge in [-0.3, -0.25) is 19.2 Å². The van der Waals surface area contributed by atoms with Gasteiger partial charge in [0.2, 0.25) is 0 Å². The number of ketones is 4. The Bertz CT molecular complexity index is 1940. The number of allylic oxidation sites excluding steroid dienone is 14. The second-order valence-corrected chi connectivity index (χ2v) is 18.1. The predicted molar refractivity (Wildman–Crippen MR) is 202 cm³/mol. The highest BCUT2D eigenvalue weighted by Crippen LogP contribution is 2.56. The fourth-order valence-electron chi connectivity index (χ4n) is 7.22. The number of carbonyl (C=O) groups excluding carboxylic acids is 4. The van der Waals surface area contributed by atoms with Crippen LogP contribution in [-0.2, 0) is 9.59 Å². The van der Waals surface area contributed by atoms with Crippen molar-refractivity contribution in [3.8, 4) is 11.1 Å². The van der Waals surface area contributed by atoms with Crippen LogP contribution in [0.5, 0.6) is 0 Å². The van der Waals surface area contributed by atoms with Crippen molar-refractivity contribution in [2.24, 2.45) is 21.7 Å². The minimum atomic E-state index is -0.454. The van der Waals surface area contributed by atoms with Gasteiger partial charge in [0.05, 0.1) is 5.57 Å². The van der Waals surface area contributed by atoms with Gasteiger partial charge in [-0.25, -0.2) is 0 Å². The maximum atomic E-state index is 14.8. The zero-order chi connectivity index (χ0) is 36.9. The van der Waals surface area contributed by atoms with Gasteiger partial charge < -0.3 is 0 Å². The number of Topliss-reactive ketones (excluding diaryl/α,β-unsaturated/α-hetero) is 4. The quantitative estimate of drug-likeness (QED) is 0.208. The number of benzene rings is 2. The molecule has 50 heavy (non-hydrogen) atoms. The summed E-state index contributed by atoms with van der Waals surface area (Å²) in [6.45, 7) is 24.4. The van der Waals surface area contributed by atoms with E-state index < -0.39 is 21.7 Å². The first kappa shape index (κ1) is 35.1. The van der Waals surface area contributed by atoms with Crippen molar-refractivity contribution in [2.45, 2.75) is 83.1 Å². The molecule has 1 saturated carbocycles. The Morgan fingerprint density at radius 1 is 0.320 bits per heavy atom. The Balaban J connectivity index is 1.81. The molecular weight excluding hydrogens is 617 g/mol. The van der Waals surface area contributed by atoms with E-state index in [0.717, 1.165) is 33.4 Å². The van der Waals surface area contributed by atoms with Gasteiger partial charge in [0.25, 0.3) is 0 Å². The van der Waals surface area contributed by atoms with Crippen LogP contribution in [0.4, 0.5) is 0 Å². The molecule has 2 aromatic rings. The summed E-state index contributed by atoms with van der Waals surface area (Å²) in [6, 6.07) is 14.8. The van der Waals surface area contributed by atoms with Gasteiger partial charge in [0.1, 0.15) is 0 Å². The molecule has 1 fully saturated rings. The maximum absolute atomic E-state index is 14.8. The molecule has 2 aromatic carbocycles. The number of rotatable bonds is 0. The van der Waals surface area contributed by atoms with Gasteiger partial charge in [-0.15, -0.1) is 0 Å². The average Bonchev–Trinajstić information content (AvgIpc) is 3.74. The van der Waals surface area contributed by atoms with Crippen LogP contribution in [0.25, 0.3) is 11.1 Å². The fraction of sp³-hybridized carbons (Fsp3) is 0.348. The summed E-state index contributed by atoms with van der Waals surface area (Å²) in [7, 11) is 0. The molecule has 4 aliphatic carbocycles. The summed E-state index contributed by atoms with van der Waals surface area (Å²) in [5.74, 6) is -0.638. The molecule has 4 nitrogen and oxygen atoms in total. The largest absolute Gasteiger partial charge is 0.289 e. The lowest BCUT2D eigenvalue weighted by atomic mass is 9.71. The molecule has 0 heterocycles. The Morgan fingerprint density at radius 2 is 0.580 bits per heavy atom. The van der Waals surface area contributed by atoms with Crippen LogP contribution in [0, 0.1) is 21.7 Å². The summed E-state index contributed by atoms with van der Waals surface area (Å²) in [6.07, 6.45) is 7.80. The average molecular weight is 665 g/mol. The third-order valence-electron chi connectivity index (χ3n) is 10.0. The molecular formula is C46H48O4. The maximum Gasteiger partial charge on any atom is 0.198 e. The Labute approximate surface area is 297 Å². The van der Waals surface area contributed by atoms with Gasteiger partial charge in [-0.05, 0) is 79.4 Å². The standard InChI is InChI=1S/C46H48O4/c1-43(2,3)31-21-25(22-32(41(31)49)44(4,5)6)35-36(26-23-33(45(7,8)9)42(50)34(24-26)46(10,11)12)37(35)38-39(47)29-19-15-13-17-27(29)28-18-14-16-20-30(28)40(38)48/h13-24H,1-12H3. The second kappa shape index (κ2) is 11.4. The molecule has 0 bridgehead atoms. The van der Waals surface area contributed by atoms with E-state index in [1.54, 1.807) is 12.1 Å². The first-order valence-electron chi connectivity index (χ1n) is 17.5. The SMILES string of the molecule is CC(C)(C)C1=CC(=C2C(=C3C=C(C(C)(C)C)C(=O)C(C(C)(C)C)=C3)C2=C2C(=O)c3ccccc3-c3ccccc3C2=O)C=C(C(C)(C)C)C1=O. The van der Waals surface area contributed by atoms with Crippen molar-refractivity contribution < 1.29 is 19.2 Å². The van der Waals surface area contributed by atoms with Crippen LogP contribution in [0.3, 0.4) is 0 Å². The molecule has 0 spiro atoms. The van der Waals surface area contributed by atoms with E-state index in [2.05, 4.69) is 0 Å². The van der Waals surface area contributed by atoms with Crippen LogP contribution in [0.2, 0.25) is 0 Å². The van der Waals surface area contributed by atoms with E-state index in [1.165, 1.54) is 0 Å². The Hall–Kier alpha value is -4.70. The van der Waals surface area contributed by atoms with Crippen LogP contribution >= 0.6 is 0 Å². The third-order valence-corrected chi connectivity index (χ3v) is 10.0. The lowest BCUT2D eigenvalue weighted by Crippen LogP contribution is -2.28. The topological polar surface area (TPSA) is 68.3 Å². The van der Waals surface area contributed by atoms with Crippen LogP contribution < -0.4 is 0 Å². The van der Waals surface area contributed by atoms with E-state index in [0.29, 0.717) is 39.0 Å². The molecule has 4 heteroatoms. The zero-order valence-corrected chi connectivity index (χ0v) is 31.6. The highest BCUT2D eigenvalue weighted by atomic mass is 16.2.